The number of methoxy groups -OCH3 is 1. The highest BCUT2D eigenvalue weighted by atomic mass is 16.5. The minimum atomic E-state index is 0.434. The lowest BCUT2D eigenvalue weighted by atomic mass is 10.0. The van der Waals surface area contributed by atoms with Crippen LogP contribution in [0.15, 0.2) is 0 Å². The van der Waals surface area contributed by atoms with E-state index in [1.165, 1.54) is 6.42 Å². The normalized spacial score (nSPS) is 25.5. The molecule has 0 aromatic carbocycles. The van der Waals surface area contributed by atoms with Gasteiger partial charge in [-0.05, 0) is 19.4 Å². The molecule has 4 heteroatoms. The number of hydrogen-bond donors (Lipinski definition) is 1. The van der Waals surface area contributed by atoms with Gasteiger partial charge in [0, 0.05) is 39.9 Å². The Morgan fingerprint density at radius 2 is 2.25 bits per heavy atom. The zero-order chi connectivity index (χ0) is 11.8. The quantitative estimate of drug-likeness (QED) is 0.619. The van der Waals surface area contributed by atoms with Crippen LogP contribution in [0.4, 0.5) is 0 Å². The van der Waals surface area contributed by atoms with Crippen LogP contribution in [0, 0.1) is 5.92 Å². The molecule has 1 fully saturated rings. The standard InChI is InChI=1S/C12H26N2O2/c1-11-4-8-16-12(11)10-14(2)7-5-13-6-9-15-3/h11-13H,4-10H2,1-3H3. The maximum absolute atomic E-state index is 5.70. The van der Waals surface area contributed by atoms with Gasteiger partial charge in [0.25, 0.3) is 0 Å². The maximum Gasteiger partial charge on any atom is 0.0728 e. The van der Waals surface area contributed by atoms with Crippen LogP contribution in [0.3, 0.4) is 0 Å². The second-order valence-corrected chi connectivity index (χ2v) is 4.68. The van der Waals surface area contributed by atoms with Crippen molar-refractivity contribution in [2.24, 2.45) is 5.92 Å². The van der Waals surface area contributed by atoms with Crippen molar-refractivity contribution < 1.29 is 9.47 Å². The molecule has 1 N–H and O–H groups in total. The van der Waals surface area contributed by atoms with Crippen molar-refractivity contribution in [3.05, 3.63) is 0 Å². The summed E-state index contributed by atoms with van der Waals surface area (Å²) in [4.78, 5) is 2.34. The summed E-state index contributed by atoms with van der Waals surface area (Å²) in [6, 6.07) is 0. The summed E-state index contributed by atoms with van der Waals surface area (Å²) in [6.07, 6.45) is 1.65. The first kappa shape index (κ1) is 13.9. The van der Waals surface area contributed by atoms with Gasteiger partial charge in [0.05, 0.1) is 12.7 Å². The van der Waals surface area contributed by atoms with Gasteiger partial charge in [0.2, 0.25) is 0 Å². The van der Waals surface area contributed by atoms with Gasteiger partial charge in [-0.2, -0.15) is 0 Å². The van der Waals surface area contributed by atoms with E-state index in [-0.39, 0.29) is 0 Å². The number of nitrogens with zero attached hydrogens (tertiary/aromatic N) is 1. The van der Waals surface area contributed by atoms with Gasteiger partial charge in [-0.3, -0.25) is 0 Å². The van der Waals surface area contributed by atoms with Crippen LogP contribution in [0.2, 0.25) is 0 Å². The van der Waals surface area contributed by atoms with E-state index in [1.54, 1.807) is 7.11 Å². The monoisotopic (exact) mass is 230 g/mol. The molecule has 1 aliphatic heterocycles. The third kappa shape index (κ3) is 5.25. The van der Waals surface area contributed by atoms with Gasteiger partial charge < -0.3 is 19.7 Å². The fourth-order valence-corrected chi connectivity index (χ4v) is 1.96. The summed E-state index contributed by atoms with van der Waals surface area (Å²) < 4.78 is 10.7. The Bertz CT molecular complexity index is 178. The van der Waals surface area contributed by atoms with Crippen molar-refractivity contribution in [2.45, 2.75) is 19.4 Å². The highest BCUT2D eigenvalue weighted by Crippen LogP contribution is 2.20. The molecule has 1 rings (SSSR count). The van der Waals surface area contributed by atoms with Gasteiger partial charge in [-0.25, -0.2) is 0 Å². The number of likely N-dealkylation sites (N-methyl/N-ethyl adjacent to an activating group) is 1. The summed E-state index contributed by atoms with van der Waals surface area (Å²) in [6.45, 7) is 8.06. The average molecular weight is 230 g/mol. The van der Waals surface area contributed by atoms with Crippen LogP contribution in [-0.4, -0.2) is 64.6 Å². The fourth-order valence-electron chi connectivity index (χ4n) is 1.96. The summed E-state index contributed by atoms with van der Waals surface area (Å²) in [7, 11) is 3.89. The lowest BCUT2D eigenvalue weighted by molar-refractivity contribution is 0.0652. The number of ether oxygens (including phenoxy) is 2. The van der Waals surface area contributed by atoms with Gasteiger partial charge in [-0.15, -0.1) is 0 Å². The molecule has 4 nitrogen and oxygen atoms in total. The largest absolute Gasteiger partial charge is 0.383 e. The van der Waals surface area contributed by atoms with Crippen molar-refractivity contribution in [1.29, 1.82) is 0 Å². The van der Waals surface area contributed by atoms with Gasteiger partial charge in [0.1, 0.15) is 0 Å². The molecule has 0 aromatic rings. The Kier molecular flexibility index (Phi) is 6.96. The first-order valence-electron chi connectivity index (χ1n) is 6.24. The molecule has 1 heterocycles. The molecule has 0 bridgehead atoms. The van der Waals surface area contributed by atoms with E-state index in [9.17, 15) is 0 Å². The Morgan fingerprint density at radius 3 is 2.88 bits per heavy atom. The highest BCUT2D eigenvalue weighted by molar-refractivity contribution is 4.75. The lowest BCUT2D eigenvalue weighted by Crippen LogP contribution is -2.36. The molecule has 1 saturated heterocycles. The zero-order valence-electron chi connectivity index (χ0n) is 10.9. The van der Waals surface area contributed by atoms with E-state index in [4.69, 9.17) is 9.47 Å². The van der Waals surface area contributed by atoms with Crippen LogP contribution in [0.1, 0.15) is 13.3 Å². The SMILES string of the molecule is COCCNCCN(C)CC1OCCC1C. The second-order valence-electron chi connectivity index (χ2n) is 4.68. The molecule has 2 atom stereocenters. The summed E-state index contributed by atoms with van der Waals surface area (Å²) >= 11 is 0. The molecule has 0 saturated carbocycles. The smallest absolute Gasteiger partial charge is 0.0728 e. The van der Waals surface area contributed by atoms with E-state index in [0.717, 1.165) is 39.4 Å². The summed E-state index contributed by atoms with van der Waals surface area (Å²) in [5, 5.41) is 3.35. The van der Waals surface area contributed by atoms with Gasteiger partial charge in [-0.1, -0.05) is 6.92 Å². The average Bonchev–Trinajstić information content (AvgIpc) is 2.64. The van der Waals surface area contributed by atoms with E-state index < -0.39 is 0 Å². The predicted molar refractivity (Wildman–Crippen MR) is 65.8 cm³/mol. The molecule has 0 spiro atoms. The van der Waals surface area contributed by atoms with Crippen LogP contribution in [0.5, 0.6) is 0 Å². The Balaban J connectivity index is 1.99. The molecular weight excluding hydrogens is 204 g/mol. The van der Waals surface area contributed by atoms with Crippen molar-refractivity contribution in [3.8, 4) is 0 Å². The van der Waals surface area contributed by atoms with Crippen molar-refractivity contribution in [3.63, 3.8) is 0 Å². The van der Waals surface area contributed by atoms with Crippen LogP contribution < -0.4 is 5.32 Å². The zero-order valence-corrected chi connectivity index (χ0v) is 10.9. The van der Waals surface area contributed by atoms with E-state index in [0.29, 0.717) is 12.0 Å². The second kappa shape index (κ2) is 8.01. The van der Waals surface area contributed by atoms with Crippen molar-refractivity contribution in [2.75, 3.05) is 53.6 Å². The Hall–Kier alpha value is -0.160. The number of nitrogens with one attached hydrogen (secondary N) is 1. The molecule has 2 unspecified atom stereocenters. The lowest BCUT2D eigenvalue weighted by Gasteiger charge is -2.23. The first-order chi connectivity index (χ1) is 7.74. The summed E-state index contributed by atoms with van der Waals surface area (Å²) in [5.41, 5.74) is 0. The number of hydrogen-bond acceptors (Lipinski definition) is 4. The molecule has 96 valence electrons. The molecule has 0 aliphatic carbocycles. The van der Waals surface area contributed by atoms with Crippen LogP contribution in [0.25, 0.3) is 0 Å². The number of rotatable bonds is 8. The molecule has 0 aromatic heterocycles. The highest BCUT2D eigenvalue weighted by Gasteiger charge is 2.24. The molecule has 0 radical (unpaired) electrons. The first-order valence-corrected chi connectivity index (χ1v) is 6.24. The minimum Gasteiger partial charge on any atom is -0.383 e. The topological polar surface area (TPSA) is 33.7 Å². The Labute approximate surface area is 99.3 Å². The maximum atomic E-state index is 5.70. The molecule has 0 amide bonds. The molecule has 1 aliphatic rings. The van der Waals surface area contributed by atoms with Crippen LogP contribution in [-0.2, 0) is 9.47 Å². The minimum absolute atomic E-state index is 0.434. The van der Waals surface area contributed by atoms with Crippen LogP contribution >= 0.6 is 0 Å². The fraction of sp³-hybridized carbons (Fsp3) is 1.00. The molecular formula is C12H26N2O2. The molecule has 16 heavy (non-hydrogen) atoms. The van der Waals surface area contributed by atoms with Gasteiger partial charge in [0.15, 0.2) is 0 Å². The third-order valence-corrected chi connectivity index (χ3v) is 3.18. The van der Waals surface area contributed by atoms with Gasteiger partial charge >= 0.3 is 0 Å². The van der Waals surface area contributed by atoms with Crippen molar-refractivity contribution >= 4 is 0 Å². The van der Waals surface area contributed by atoms with E-state index >= 15 is 0 Å². The Morgan fingerprint density at radius 1 is 1.44 bits per heavy atom. The summed E-state index contributed by atoms with van der Waals surface area (Å²) in [5.74, 6) is 0.712. The van der Waals surface area contributed by atoms with E-state index in [2.05, 4.69) is 24.2 Å². The van der Waals surface area contributed by atoms with E-state index in [1.807, 2.05) is 0 Å². The third-order valence-electron chi connectivity index (χ3n) is 3.18. The predicted octanol–water partition coefficient (Wildman–Crippen LogP) is 0.579. The van der Waals surface area contributed by atoms with Crippen molar-refractivity contribution in [1.82, 2.24) is 10.2 Å².